The number of aryl methyl sites for hydroxylation is 1. The van der Waals surface area contributed by atoms with Gasteiger partial charge in [-0.25, -0.2) is 4.98 Å². The van der Waals surface area contributed by atoms with E-state index >= 15 is 0 Å². The summed E-state index contributed by atoms with van der Waals surface area (Å²) in [6, 6.07) is 7.64. The molecule has 2 aromatic rings. The molecule has 1 N–H and O–H groups in total. The molecule has 0 saturated heterocycles. The molecule has 1 heterocycles. The number of benzene rings is 1. The summed E-state index contributed by atoms with van der Waals surface area (Å²) in [5, 5.41) is 6.22. The molecule has 1 amide bonds. The first kappa shape index (κ1) is 17.0. The number of aromatic nitrogens is 1. The van der Waals surface area contributed by atoms with Gasteiger partial charge in [0.1, 0.15) is 12.4 Å². The van der Waals surface area contributed by atoms with Crippen LogP contribution in [0.5, 0.6) is 5.75 Å². The van der Waals surface area contributed by atoms with Crippen LogP contribution in [0, 0.1) is 12.8 Å². The fourth-order valence-corrected chi connectivity index (χ4v) is 3.71. The first-order valence-corrected chi connectivity index (χ1v) is 9.44. The van der Waals surface area contributed by atoms with Crippen LogP contribution in [0.4, 0.5) is 0 Å². The number of hydrogen-bond acceptors (Lipinski definition) is 4. The molecule has 0 bridgehead atoms. The van der Waals surface area contributed by atoms with Crippen molar-refractivity contribution in [2.75, 3.05) is 0 Å². The summed E-state index contributed by atoms with van der Waals surface area (Å²) in [7, 11) is 0. The number of nitrogens with one attached hydrogen (secondary N) is 1. The lowest BCUT2D eigenvalue weighted by molar-refractivity contribution is 0.0910. The van der Waals surface area contributed by atoms with Crippen LogP contribution in [0.2, 0.25) is 0 Å². The van der Waals surface area contributed by atoms with Crippen LogP contribution in [0.25, 0.3) is 0 Å². The fraction of sp³-hybridized carbons (Fsp3) is 0.474. The maximum atomic E-state index is 12.4. The second-order valence-corrected chi connectivity index (χ2v) is 7.57. The van der Waals surface area contributed by atoms with Crippen LogP contribution in [0.15, 0.2) is 29.6 Å². The predicted molar refractivity (Wildman–Crippen MR) is 96.5 cm³/mol. The number of nitrogens with zero attached hydrogens (tertiary/aromatic N) is 1. The van der Waals surface area contributed by atoms with E-state index in [0.717, 1.165) is 22.9 Å². The lowest BCUT2D eigenvalue weighted by atomic mass is 9.86. The van der Waals surface area contributed by atoms with Crippen molar-refractivity contribution in [1.82, 2.24) is 10.3 Å². The quantitative estimate of drug-likeness (QED) is 0.878. The van der Waals surface area contributed by atoms with E-state index in [1.807, 2.05) is 36.6 Å². The SMILES string of the molecule is Cc1nc(COc2ccc(C(=O)N[C@H]3CCCC[C@H]3C)cc2)cs1. The Labute approximate surface area is 147 Å². The van der Waals surface area contributed by atoms with Crippen LogP contribution >= 0.6 is 11.3 Å². The van der Waals surface area contributed by atoms with Crippen LogP contribution in [0.1, 0.15) is 53.7 Å². The number of rotatable bonds is 5. The van der Waals surface area contributed by atoms with E-state index in [0.29, 0.717) is 24.1 Å². The van der Waals surface area contributed by atoms with Crippen molar-refractivity contribution < 1.29 is 9.53 Å². The molecule has 4 nitrogen and oxygen atoms in total. The van der Waals surface area contributed by atoms with Gasteiger partial charge in [0.15, 0.2) is 0 Å². The Hall–Kier alpha value is -1.88. The van der Waals surface area contributed by atoms with Gasteiger partial charge in [-0.3, -0.25) is 4.79 Å². The lowest BCUT2D eigenvalue weighted by Gasteiger charge is -2.29. The highest BCUT2D eigenvalue weighted by Crippen LogP contribution is 2.24. The Morgan fingerprint density at radius 1 is 1.29 bits per heavy atom. The number of carbonyl (C=O) groups is 1. The van der Waals surface area contributed by atoms with Crippen molar-refractivity contribution in [2.45, 2.75) is 52.2 Å². The maximum absolute atomic E-state index is 12.4. The molecule has 1 aromatic carbocycles. The van der Waals surface area contributed by atoms with E-state index < -0.39 is 0 Å². The Morgan fingerprint density at radius 2 is 2.04 bits per heavy atom. The largest absolute Gasteiger partial charge is 0.487 e. The summed E-state index contributed by atoms with van der Waals surface area (Å²) in [6.45, 7) is 4.66. The molecule has 128 valence electrons. The number of thiazole rings is 1. The molecular weight excluding hydrogens is 320 g/mol. The second kappa shape index (κ2) is 7.79. The highest BCUT2D eigenvalue weighted by Gasteiger charge is 2.23. The molecule has 1 aromatic heterocycles. The number of amides is 1. The molecule has 0 radical (unpaired) electrons. The Kier molecular flexibility index (Phi) is 5.51. The Balaban J connectivity index is 1.54. The molecule has 1 aliphatic carbocycles. The summed E-state index contributed by atoms with van der Waals surface area (Å²) < 4.78 is 5.72. The van der Waals surface area contributed by atoms with Gasteiger partial charge in [-0.1, -0.05) is 19.8 Å². The monoisotopic (exact) mass is 344 g/mol. The van der Waals surface area contributed by atoms with Crippen molar-refractivity contribution in [1.29, 1.82) is 0 Å². The summed E-state index contributed by atoms with van der Waals surface area (Å²) in [6.07, 6.45) is 4.77. The zero-order valence-corrected chi connectivity index (χ0v) is 15.1. The number of carbonyl (C=O) groups excluding carboxylic acids is 1. The van der Waals surface area contributed by atoms with Crippen LogP contribution in [-0.2, 0) is 6.61 Å². The van der Waals surface area contributed by atoms with E-state index in [9.17, 15) is 4.79 Å². The summed E-state index contributed by atoms with van der Waals surface area (Å²) >= 11 is 1.62. The van der Waals surface area contributed by atoms with Gasteiger partial charge in [-0.2, -0.15) is 0 Å². The van der Waals surface area contributed by atoms with Crippen molar-refractivity contribution in [3.8, 4) is 5.75 Å². The van der Waals surface area contributed by atoms with E-state index in [-0.39, 0.29) is 5.91 Å². The molecular formula is C19H24N2O2S. The molecule has 1 fully saturated rings. The van der Waals surface area contributed by atoms with Gasteiger partial charge >= 0.3 is 0 Å². The maximum Gasteiger partial charge on any atom is 0.251 e. The third kappa shape index (κ3) is 4.35. The topological polar surface area (TPSA) is 51.2 Å². The smallest absolute Gasteiger partial charge is 0.251 e. The van der Waals surface area contributed by atoms with Crippen molar-refractivity contribution >= 4 is 17.2 Å². The first-order valence-electron chi connectivity index (χ1n) is 8.56. The third-order valence-electron chi connectivity index (χ3n) is 4.60. The van der Waals surface area contributed by atoms with E-state index in [1.54, 1.807) is 11.3 Å². The Morgan fingerprint density at radius 3 is 2.71 bits per heavy atom. The zero-order chi connectivity index (χ0) is 16.9. The summed E-state index contributed by atoms with van der Waals surface area (Å²) in [5.74, 6) is 1.32. The average molecular weight is 344 g/mol. The molecule has 1 saturated carbocycles. The Bertz CT molecular complexity index is 681. The predicted octanol–water partition coefficient (Wildman–Crippen LogP) is 4.34. The number of ether oxygens (including phenoxy) is 1. The van der Waals surface area contributed by atoms with Gasteiger partial charge in [0.05, 0.1) is 10.7 Å². The molecule has 2 atom stereocenters. The van der Waals surface area contributed by atoms with E-state index in [1.165, 1.54) is 19.3 Å². The summed E-state index contributed by atoms with van der Waals surface area (Å²) in [5.41, 5.74) is 1.62. The highest BCUT2D eigenvalue weighted by molar-refractivity contribution is 7.09. The van der Waals surface area contributed by atoms with Gasteiger partial charge in [0.2, 0.25) is 0 Å². The summed E-state index contributed by atoms with van der Waals surface area (Å²) in [4.78, 5) is 16.8. The molecule has 1 aliphatic rings. The van der Waals surface area contributed by atoms with Gasteiger partial charge in [0.25, 0.3) is 5.91 Å². The molecule has 0 spiro atoms. The molecule has 5 heteroatoms. The van der Waals surface area contributed by atoms with Crippen molar-refractivity contribution in [3.05, 3.63) is 45.9 Å². The number of hydrogen-bond donors (Lipinski definition) is 1. The van der Waals surface area contributed by atoms with Gasteiger partial charge in [0, 0.05) is 17.0 Å². The first-order chi connectivity index (χ1) is 11.6. The van der Waals surface area contributed by atoms with E-state index in [4.69, 9.17) is 4.74 Å². The van der Waals surface area contributed by atoms with Crippen LogP contribution in [0.3, 0.4) is 0 Å². The van der Waals surface area contributed by atoms with Crippen molar-refractivity contribution in [3.63, 3.8) is 0 Å². The lowest BCUT2D eigenvalue weighted by Crippen LogP contribution is -2.41. The second-order valence-electron chi connectivity index (χ2n) is 6.51. The third-order valence-corrected chi connectivity index (χ3v) is 5.42. The minimum Gasteiger partial charge on any atom is -0.487 e. The normalized spacial score (nSPS) is 20.6. The minimum atomic E-state index is 0.00965. The van der Waals surface area contributed by atoms with Gasteiger partial charge in [-0.15, -0.1) is 11.3 Å². The van der Waals surface area contributed by atoms with Crippen LogP contribution in [-0.4, -0.2) is 16.9 Å². The van der Waals surface area contributed by atoms with Crippen LogP contribution < -0.4 is 10.1 Å². The van der Waals surface area contributed by atoms with Crippen molar-refractivity contribution in [2.24, 2.45) is 5.92 Å². The molecule has 0 unspecified atom stereocenters. The van der Waals surface area contributed by atoms with E-state index in [2.05, 4.69) is 17.2 Å². The zero-order valence-electron chi connectivity index (χ0n) is 14.2. The average Bonchev–Trinajstić information content (AvgIpc) is 3.01. The molecule has 24 heavy (non-hydrogen) atoms. The minimum absolute atomic E-state index is 0.00965. The standard InChI is InChI=1S/C19H24N2O2S/c1-13-5-3-4-6-18(13)21-19(22)15-7-9-17(10-8-15)23-11-16-12-24-14(2)20-16/h7-10,12-13,18H,3-6,11H2,1-2H3,(H,21,22)/t13-,18+/m1/s1. The fourth-order valence-electron chi connectivity index (χ4n) is 3.12. The van der Waals surface area contributed by atoms with Gasteiger partial charge in [-0.05, 0) is 49.9 Å². The molecule has 3 rings (SSSR count). The molecule has 0 aliphatic heterocycles. The highest BCUT2D eigenvalue weighted by atomic mass is 32.1. The van der Waals surface area contributed by atoms with Gasteiger partial charge < -0.3 is 10.1 Å².